The van der Waals surface area contributed by atoms with Crippen molar-refractivity contribution in [1.82, 2.24) is 14.7 Å². The number of aryl methyl sites for hydroxylation is 1. The fraction of sp³-hybridized carbons (Fsp3) is 0.333. The van der Waals surface area contributed by atoms with Crippen LogP contribution in [0.1, 0.15) is 30.9 Å². The number of urea groups is 1. The van der Waals surface area contributed by atoms with Crippen LogP contribution in [-0.2, 0) is 6.42 Å². The van der Waals surface area contributed by atoms with Crippen molar-refractivity contribution in [3.8, 4) is 0 Å². The van der Waals surface area contributed by atoms with Gasteiger partial charge in [-0.2, -0.15) is 5.10 Å². The first kappa shape index (κ1) is 21.4. The highest BCUT2D eigenvalue weighted by Crippen LogP contribution is 2.26. The molecule has 0 radical (unpaired) electrons. The Bertz CT molecular complexity index is 982. The van der Waals surface area contributed by atoms with Crippen molar-refractivity contribution in [3.05, 3.63) is 77.4 Å². The number of aromatic nitrogens is 2. The summed E-state index contributed by atoms with van der Waals surface area (Å²) in [5.74, 6) is 0.701. The molecular formula is C24H28ClN5O. The minimum Gasteiger partial charge on any atom is -0.306 e. The summed E-state index contributed by atoms with van der Waals surface area (Å²) in [5, 5.41) is 10.7. The van der Waals surface area contributed by atoms with Crippen LogP contribution in [0.3, 0.4) is 0 Å². The summed E-state index contributed by atoms with van der Waals surface area (Å²) in [6.45, 7) is 3.21. The highest BCUT2D eigenvalue weighted by molar-refractivity contribution is 6.33. The molecule has 162 valence electrons. The van der Waals surface area contributed by atoms with Crippen LogP contribution in [-0.4, -0.2) is 40.3 Å². The monoisotopic (exact) mass is 437 g/mol. The number of hydrogen-bond acceptors (Lipinski definition) is 3. The maximum atomic E-state index is 12.4. The molecule has 0 saturated carbocycles. The van der Waals surface area contributed by atoms with Crippen molar-refractivity contribution in [2.75, 3.05) is 30.3 Å². The zero-order chi connectivity index (χ0) is 21.5. The zero-order valence-corrected chi connectivity index (χ0v) is 18.3. The van der Waals surface area contributed by atoms with Crippen molar-refractivity contribution in [2.24, 2.45) is 0 Å². The van der Waals surface area contributed by atoms with E-state index in [1.165, 1.54) is 12.0 Å². The fourth-order valence-corrected chi connectivity index (χ4v) is 4.26. The smallest absolute Gasteiger partial charge is 0.306 e. The van der Waals surface area contributed by atoms with Crippen LogP contribution >= 0.6 is 11.6 Å². The molecule has 2 N–H and O–H groups in total. The van der Waals surface area contributed by atoms with Gasteiger partial charge >= 0.3 is 6.03 Å². The number of carbonyl (C=O) groups is 1. The van der Waals surface area contributed by atoms with Crippen LogP contribution in [0.5, 0.6) is 0 Å². The third kappa shape index (κ3) is 5.87. The lowest BCUT2D eigenvalue weighted by Crippen LogP contribution is -2.36. The first-order valence-electron chi connectivity index (χ1n) is 10.8. The van der Waals surface area contributed by atoms with Gasteiger partial charge in [0.05, 0.1) is 22.9 Å². The lowest BCUT2D eigenvalue weighted by molar-refractivity contribution is 0.179. The first-order valence-corrected chi connectivity index (χ1v) is 11.2. The molecule has 7 heteroatoms. The van der Waals surface area contributed by atoms with Gasteiger partial charge in [0.25, 0.3) is 0 Å². The van der Waals surface area contributed by atoms with E-state index in [4.69, 9.17) is 11.6 Å². The molecule has 0 atom stereocenters. The van der Waals surface area contributed by atoms with E-state index < -0.39 is 0 Å². The van der Waals surface area contributed by atoms with Crippen LogP contribution in [0.4, 0.5) is 16.3 Å². The van der Waals surface area contributed by atoms with E-state index in [1.54, 1.807) is 18.3 Å². The summed E-state index contributed by atoms with van der Waals surface area (Å²) in [4.78, 5) is 15.0. The maximum absolute atomic E-state index is 12.4. The second kappa shape index (κ2) is 10.5. The van der Waals surface area contributed by atoms with Gasteiger partial charge in [0.15, 0.2) is 0 Å². The second-order valence-electron chi connectivity index (χ2n) is 7.88. The lowest BCUT2D eigenvalue weighted by atomic mass is 10.0. The Labute approximate surface area is 188 Å². The molecule has 0 aliphatic carbocycles. The van der Waals surface area contributed by atoms with Crippen LogP contribution in [0.15, 0.2) is 66.9 Å². The van der Waals surface area contributed by atoms with Gasteiger partial charge in [-0.25, -0.2) is 9.48 Å². The molecule has 0 bridgehead atoms. The van der Waals surface area contributed by atoms with Gasteiger partial charge in [-0.1, -0.05) is 54.1 Å². The minimum absolute atomic E-state index is 0.288. The van der Waals surface area contributed by atoms with Gasteiger partial charge < -0.3 is 10.2 Å². The number of nitrogens with one attached hydrogen (secondary N) is 2. The molecule has 2 heterocycles. The Morgan fingerprint density at radius 3 is 2.52 bits per heavy atom. The summed E-state index contributed by atoms with van der Waals surface area (Å²) in [7, 11) is 0. The molecule has 0 spiro atoms. The van der Waals surface area contributed by atoms with E-state index in [0.717, 1.165) is 38.9 Å². The topological polar surface area (TPSA) is 62.2 Å². The van der Waals surface area contributed by atoms with E-state index in [2.05, 4.69) is 51.0 Å². The Hall–Kier alpha value is -2.83. The summed E-state index contributed by atoms with van der Waals surface area (Å²) >= 11 is 6.12. The van der Waals surface area contributed by atoms with E-state index in [0.29, 0.717) is 16.5 Å². The van der Waals surface area contributed by atoms with Crippen molar-refractivity contribution in [2.45, 2.75) is 31.7 Å². The van der Waals surface area contributed by atoms with Gasteiger partial charge in [0.1, 0.15) is 5.82 Å². The molecule has 2 amide bonds. The normalized spacial score (nSPS) is 15.0. The number of piperidine rings is 1. The first-order chi connectivity index (χ1) is 15.2. The highest BCUT2D eigenvalue weighted by Gasteiger charge is 2.23. The van der Waals surface area contributed by atoms with E-state index in [-0.39, 0.29) is 12.1 Å². The number of benzene rings is 2. The summed E-state index contributed by atoms with van der Waals surface area (Å²) in [6, 6.07) is 19.6. The Morgan fingerprint density at radius 1 is 1.00 bits per heavy atom. The predicted molar refractivity (Wildman–Crippen MR) is 126 cm³/mol. The fourth-order valence-electron chi connectivity index (χ4n) is 4.08. The maximum Gasteiger partial charge on any atom is 0.324 e. The highest BCUT2D eigenvalue weighted by atomic mass is 35.5. The average molecular weight is 438 g/mol. The number of amides is 2. The zero-order valence-electron chi connectivity index (χ0n) is 17.5. The molecule has 6 nitrogen and oxygen atoms in total. The Kier molecular flexibility index (Phi) is 7.22. The quantitative estimate of drug-likeness (QED) is 0.516. The molecule has 1 aromatic heterocycles. The van der Waals surface area contributed by atoms with E-state index in [1.807, 2.05) is 22.9 Å². The number of likely N-dealkylation sites (tertiary alicyclic amines) is 1. The third-order valence-corrected chi connectivity index (χ3v) is 6.05. The molecular weight excluding hydrogens is 410 g/mol. The SMILES string of the molecule is O=C(Nc1ccccc1Cl)Nc1ccnn1C1CCN(CCCc2ccccc2)CC1. The summed E-state index contributed by atoms with van der Waals surface area (Å²) in [6.07, 6.45) is 6.07. The number of anilines is 2. The number of hydrogen-bond donors (Lipinski definition) is 2. The molecule has 1 fully saturated rings. The van der Waals surface area contributed by atoms with Gasteiger partial charge in [-0.05, 0) is 49.9 Å². The van der Waals surface area contributed by atoms with Crippen molar-refractivity contribution < 1.29 is 4.79 Å². The lowest BCUT2D eigenvalue weighted by Gasteiger charge is -2.32. The number of halogens is 1. The number of rotatable bonds is 7. The number of para-hydroxylation sites is 1. The van der Waals surface area contributed by atoms with E-state index >= 15 is 0 Å². The van der Waals surface area contributed by atoms with Gasteiger partial charge in [0, 0.05) is 19.2 Å². The van der Waals surface area contributed by atoms with Crippen molar-refractivity contribution in [1.29, 1.82) is 0 Å². The molecule has 1 aliphatic heterocycles. The molecule has 31 heavy (non-hydrogen) atoms. The third-order valence-electron chi connectivity index (χ3n) is 5.72. The molecule has 3 aromatic rings. The largest absolute Gasteiger partial charge is 0.324 e. The van der Waals surface area contributed by atoms with Gasteiger partial charge in [-0.3, -0.25) is 5.32 Å². The molecule has 4 rings (SSSR count). The standard InChI is InChI=1S/C24H28ClN5O/c25-21-10-4-5-11-22(21)27-24(31)28-23-12-15-26-30(23)20-13-17-29(18-14-20)16-6-9-19-7-2-1-3-8-19/h1-5,7-8,10-12,15,20H,6,9,13-14,16-18H2,(H2,27,28,31). The number of carbonyl (C=O) groups excluding carboxylic acids is 1. The summed E-state index contributed by atoms with van der Waals surface area (Å²) in [5.41, 5.74) is 1.98. The average Bonchev–Trinajstić information content (AvgIpc) is 3.24. The van der Waals surface area contributed by atoms with Gasteiger partial charge in [-0.15, -0.1) is 0 Å². The molecule has 1 aliphatic rings. The second-order valence-corrected chi connectivity index (χ2v) is 8.29. The number of nitrogens with zero attached hydrogens (tertiary/aromatic N) is 3. The summed E-state index contributed by atoms with van der Waals surface area (Å²) < 4.78 is 1.94. The van der Waals surface area contributed by atoms with Crippen LogP contribution in [0.25, 0.3) is 0 Å². The van der Waals surface area contributed by atoms with E-state index in [9.17, 15) is 4.79 Å². The van der Waals surface area contributed by atoms with Crippen LogP contribution in [0, 0.1) is 0 Å². The Balaban J connectivity index is 1.25. The van der Waals surface area contributed by atoms with Gasteiger partial charge in [0.2, 0.25) is 0 Å². The molecule has 0 unspecified atom stereocenters. The minimum atomic E-state index is -0.326. The van der Waals surface area contributed by atoms with Crippen molar-refractivity contribution >= 4 is 29.1 Å². The predicted octanol–water partition coefficient (Wildman–Crippen LogP) is 5.45. The Morgan fingerprint density at radius 2 is 1.74 bits per heavy atom. The van der Waals surface area contributed by atoms with Crippen LogP contribution < -0.4 is 10.6 Å². The van der Waals surface area contributed by atoms with Crippen molar-refractivity contribution in [3.63, 3.8) is 0 Å². The molecule has 2 aromatic carbocycles. The molecule has 1 saturated heterocycles. The van der Waals surface area contributed by atoms with Crippen LogP contribution in [0.2, 0.25) is 5.02 Å².